The van der Waals surface area contributed by atoms with E-state index in [0.29, 0.717) is 11.2 Å². The minimum absolute atomic E-state index is 0.165. The molecule has 13 heavy (non-hydrogen) atoms. The Hall–Kier alpha value is 0.270. The van der Waals surface area contributed by atoms with Crippen LogP contribution in [0.3, 0.4) is 0 Å². The molecule has 2 nitrogen and oxygen atoms in total. The highest BCUT2D eigenvalue weighted by Gasteiger charge is 2.23. The van der Waals surface area contributed by atoms with Crippen LogP contribution in [-0.2, 0) is 4.74 Å². The molecular weight excluding hydrogens is 184 g/mol. The van der Waals surface area contributed by atoms with Crippen molar-refractivity contribution in [3.63, 3.8) is 0 Å². The van der Waals surface area contributed by atoms with Crippen molar-refractivity contribution >= 4 is 11.8 Å². The molecule has 1 saturated heterocycles. The minimum atomic E-state index is -0.165. The third kappa shape index (κ3) is 3.88. The van der Waals surface area contributed by atoms with E-state index in [1.54, 1.807) is 0 Å². The van der Waals surface area contributed by atoms with Gasteiger partial charge < -0.3 is 9.84 Å². The molecule has 78 valence electrons. The van der Waals surface area contributed by atoms with Crippen molar-refractivity contribution in [1.82, 2.24) is 0 Å². The fourth-order valence-electron chi connectivity index (χ4n) is 1.37. The summed E-state index contributed by atoms with van der Waals surface area (Å²) in [4.78, 5) is 0. The highest BCUT2D eigenvalue weighted by atomic mass is 32.2. The Kier molecular flexibility index (Phi) is 5.14. The molecule has 0 aromatic heterocycles. The van der Waals surface area contributed by atoms with Gasteiger partial charge in [-0.25, -0.2) is 0 Å². The molecule has 0 aromatic rings. The second kappa shape index (κ2) is 5.89. The van der Waals surface area contributed by atoms with Gasteiger partial charge in [-0.1, -0.05) is 13.8 Å². The summed E-state index contributed by atoms with van der Waals surface area (Å²) < 4.78 is 5.24. The molecule has 0 aliphatic carbocycles. The molecule has 0 saturated carbocycles. The van der Waals surface area contributed by atoms with Gasteiger partial charge in [0.25, 0.3) is 0 Å². The SMILES string of the molecule is CCC(C)SCC(O)C1CCOC1. The lowest BCUT2D eigenvalue weighted by Gasteiger charge is -2.17. The molecule has 1 heterocycles. The molecule has 0 spiro atoms. The number of thioether (sulfide) groups is 1. The van der Waals surface area contributed by atoms with Gasteiger partial charge in [0.05, 0.1) is 12.7 Å². The van der Waals surface area contributed by atoms with Gasteiger partial charge in [0.2, 0.25) is 0 Å². The molecule has 1 fully saturated rings. The van der Waals surface area contributed by atoms with Gasteiger partial charge >= 0.3 is 0 Å². The maximum atomic E-state index is 9.79. The standard InChI is InChI=1S/C10H20O2S/c1-3-8(2)13-7-10(11)9-4-5-12-6-9/h8-11H,3-7H2,1-2H3. The van der Waals surface area contributed by atoms with Crippen LogP contribution in [0.2, 0.25) is 0 Å². The predicted molar refractivity (Wildman–Crippen MR) is 57.1 cm³/mol. The van der Waals surface area contributed by atoms with E-state index in [9.17, 15) is 5.11 Å². The summed E-state index contributed by atoms with van der Waals surface area (Å²) in [5.74, 6) is 1.25. The maximum absolute atomic E-state index is 9.79. The van der Waals surface area contributed by atoms with E-state index in [-0.39, 0.29) is 6.10 Å². The highest BCUT2D eigenvalue weighted by molar-refractivity contribution is 7.99. The minimum Gasteiger partial charge on any atom is -0.392 e. The largest absolute Gasteiger partial charge is 0.392 e. The summed E-state index contributed by atoms with van der Waals surface area (Å²) in [7, 11) is 0. The topological polar surface area (TPSA) is 29.5 Å². The summed E-state index contributed by atoms with van der Waals surface area (Å²) >= 11 is 1.87. The molecule has 0 amide bonds. The molecule has 0 aromatic carbocycles. The quantitative estimate of drug-likeness (QED) is 0.742. The first-order chi connectivity index (χ1) is 6.24. The zero-order chi connectivity index (χ0) is 9.68. The Morgan fingerprint density at radius 1 is 1.62 bits per heavy atom. The van der Waals surface area contributed by atoms with Crippen molar-refractivity contribution in [1.29, 1.82) is 0 Å². The van der Waals surface area contributed by atoms with E-state index in [1.165, 1.54) is 6.42 Å². The summed E-state index contributed by atoms with van der Waals surface area (Å²) in [6.45, 7) is 5.98. The normalized spacial score (nSPS) is 27.5. The van der Waals surface area contributed by atoms with E-state index in [0.717, 1.165) is 25.4 Å². The van der Waals surface area contributed by atoms with Crippen molar-refractivity contribution in [3.8, 4) is 0 Å². The van der Waals surface area contributed by atoms with Gasteiger partial charge in [-0.15, -0.1) is 0 Å². The molecule has 0 radical (unpaired) electrons. The average Bonchev–Trinajstić information content (AvgIpc) is 2.66. The van der Waals surface area contributed by atoms with Crippen molar-refractivity contribution < 1.29 is 9.84 Å². The van der Waals surface area contributed by atoms with Crippen molar-refractivity contribution in [3.05, 3.63) is 0 Å². The lowest BCUT2D eigenvalue weighted by Crippen LogP contribution is -2.23. The Labute approximate surface area is 85.0 Å². The summed E-state index contributed by atoms with van der Waals surface area (Å²) in [6, 6.07) is 0. The fourth-order valence-corrected chi connectivity index (χ4v) is 2.41. The Morgan fingerprint density at radius 3 is 2.92 bits per heavy atom. The number of hydrogen-bond donors (Lipinski definition) is 1. The van der Waals surface area contributed by atoms with Gasteiger partial charge in [0.1, 0.15) is 0 Å². The molecule has 1 aliphatic heterocycles. The Balaban J connectivity index is 2.12. The molecule has 3 heteroatoms. The van der Waals surface area contributed by atoms with E-state index < -0.39 is 0 Å². The fraction of sp³-hybridized carbons (Fsp3) is 1.00. The predicted octanol–water partition coefficient (Wildman–Crippen LogP) is 1.92. The van der Waals surface area contributed by atoms with Gasteiger partial charge in [0.15, 0.2) is 0 Å². The van der Waals surface area contributed by atoms with Crippen LogP contribution < -0.4 is 0 Å². The first-order valence-corrected chi connectivity index (χ1v) is 6.16. The van der Waals surface area contributed by atoms with Gasteiger partial charge in [0, 0.05) is 23.5 Å². The van der Waals surface area contributed by atoms with Crippen molar-refractivity contribution in [2.75, 3.05) is 19.0 Å². The van der Waals surface area contributed by atoms with Crippen LogP contribution in [-0.4, -0.2) is 35.4 Å². The average molecular weight is 204 g/mol. The van der Waals surface area contributed by atoms with Gasteiger partial charge in [-0.2, -0.15) is 11.8 Å². The van der Waals surface area contributed by atoms with E-state index in [1.807, 2.05) is 11.8 Å². The number of aliphatic hydroxyl groups excluding tert-OH is 1. The van der Waals surface area contributed by atoms with Gasteiger partial charge in [-0.05, 0) is 12.8 Å². The van der Waals surface area contributed by atoms with Gasteiger partial charge in [-0.3, -0.25) is 0 Å². The van der Waals surface area contributed by atoms with E-state index in [4.69, 9.17) is 4.74 Å². The van der Waals surface area contributed by atoms with Crippen LogP contribution in [0.5, 0.6) is 0 Å². The molecule has 3 atom stereocenters. The zero-order valence-corrected chi connectivity index (χ0v) is 9.35. The Bertz CT molecular complexity index is 135. The Morgan fingerprint density at radius 2 is 2.38 bits per heavy atom. The first kappa shape index (κ1) is 11.3. The third-order valence-corrected chi connectivity index (χ3v) is 4.07. The van der Waals surface area contributed by atoms with Crippen LogP contribution in [0.4, 0.5) is 0 Å². The summed E-state index contributed by atoms with van der Waals surface area (Å²) in [5.41, 5.74) is 0. The van der Waals surface area contributed by atoms with Crippen LogP contribution in [0.1, 0.15) is 26.7 Å². The van der Waals surface area contributed by atoms with E-state index in [2.05, 4.69) is 13.8 Å². The number of hydrogen-bond acceptors (Lipinski definition) is 3. The molecular formula is C10H20O2S. The van der Waals surface area contributed by atoms with Crippen LogP contribution in [0.25, 0.3) is 0 Å². The van der Waals surface area contributed by atoms with E-state index >= 15 is 0 Å². The zero-order valence-electron chi connectivity index (χ0n) is 8.53. The van der Waals surface area contributed by atoms with Crippen LogP contribution in [0.15, 0.2) is 0 Å². The lowest BCUT2D eigenvalue weighted by atomic mass is 10.0. The number of aliphatic hydroxyl groups is 1. The smallest absolute Gasteiger partial charge is 0.0681 e. The lowest BCUT2D eigenvalue weighted by molar-refractivity contribution is 0.109. The number of ether oxygens (including phenoxy) is 1. The summed E-state index contributed by atoms with van der Waals surface area (Å²) in [5, 5.41) is 10.5. The third-order valence-electron chi connectivity index (χ3n) is 2.64. The molecule has 1 N–H and O–H groups in total. The molecule has 0 bridgehead atoms. The molecule has 1 aliphatic rings. The molecule has 3 unspecified atom stereocenters. The number of rotatable bonds is 5. The first-order valence-electron chi connectivity index (χ1n) is 5.11. The maximum Gasteiger partial charge on any atom is 0.0681 e. The van der Waals surface area contributed by atoms with Crippen LogP contribution >= 0.6 is 11.8 Å². The van der Waals surface area contributed by atoms with Crippen molar-refractivity contribution in [2.24, 2.45) is 5.92 Å². The second-order valence-corrected chi connectivity index (χ2v) is 5.21. The monoisotopic (exact) mass is 204 g/mol. The molecule has 1 rings (SSSR count). The van der Waals surface area contributed by atoms with Crippen LogP contribution in [0, 0.1) is 5.92 Å². The summed E-state index contributed by atoms with van der Waals surface area (Å²) in [6.07, 6.45) is 2.04. The highest BCUT2D eigenvalue weighted by Crippen LogP contribution is 2.22. The second-order valence-electron chi connectivity index (χ2n) is 3.74. The van der Waals surface area contributed by atoms with Crippen molar-refractivity contribution in [2.45, 2.75) is 38.0 Å².